The molecule has 3 heteroatoms. The van der Waals surface area contributed by atoms with Crippen molar-refractivity contribution < 1.29 is 9.47 Å². The van der Waals surface area contributed by atoms with Gasteiger partial charge in [0.05, 0.1) is 7.85 Å². The average molecular weight is 170 g/mol. The van der Waals surface area contributed by atoms with Crippen LogP contribution >= 0.6 is 0 Å². The minimum Gasteiger partial charge on any atom is -0.353 e. The van der Waals surface area contributed by atoms with Gasteiger partial charge >= 0.3 is 0 Å². The lowest BCUT2D eigenvalue weighted by Crippen LogP contribution is -2.18. The lowest BCUT2D eigenvalue weighted by molar-refractivity contribution is -0.143. The molecule has 12 heavy (non-hydrogen) atoms. The zero-order valence-electron chi connectivity index (χ0n) is 8.21. The molecule has 0 aliphatic carbocycles. The molecule has 2 nitrogen and oxygen atoms in total. The summed E-state index contributed by atoms with van der Waals surface area (Å²) in [5.41, 5.74) is 0. The highest BCUT2D eigenvalue weighted by Gasteiger charge is 2.05. The molecule has 0 fully saturated rings. The first-order chi connectivity index (χ1) is 5.85. The lowest BCUT2D eigenvalue weighted by atomic mass is 10.0. The molecule has 0 rings (SSSR count). The second-order valence-corrected chi connectivity index (χ2v) is 2.75. The Hall–Kier alpha value is -0.0151. The molecule has 70 valence electrons. The Morgan fingerprint density at radius 3 is 1.92 bits per heavy atom. The van der Waals surface area contributed by atoms with Gasteiger partial charge in [-0.1, -0.05) is 20.2 Å². The molecule has 0 aliphatic rings. The molecule has 0 heterocycles. The number of hydrogen-bond acceptors (Lipinski definition) is 2. The summed E-state index contributed by atoms with van der Waals surface area (Å²) < 4.78 is 10.9. The van der Waals surface area contributed by atoms with E-state index < -0.39 is 0 Å². The van der Waals surface area contributed by atoms with Crippen LogP contribution < -0.4 is 0 Å². The van der Waals surface area contributed by atoms with Crippen molar-refractivity contribution in [1.29, 1.82) is 0 Å². The molecule has 0 saturated carbocycles. The summed E-state index contributed by atoms with van der Waals surface area (Å²) >= 11 is 0. The normalized spacial score (nSPS) is 10.9. The third kappa shape index (κ3) is 6.68. The second kappa shape index (κ2) is 9.08. The van der Waals surface area contributed by atoms with Crippen molar-refractivity contribution in [2.24, 2.45) is 0 Å². The molecule has 0 saturated heterocycles. The van der Waals surface area contributed by atoms with Gasteiger partial charge in [-0.2, -0.15) is 0 Å². The van der Waals surface area contributed by atoms with Crippen LogP contribution in [0.1, 0.15) is 33.1 Å². The molecule has 0 atom stereocenters. The van der Waals surface area contributed by atoms with E-state index in [2.05, 4.69) is 13.8 Å². The van der Waals surface area contributed by atoms with Gasteiger partial charge in [0.1, 0.15) is 0 Å². The second-order valence-electron chi connectivity index (χ2n) is 2.75. The molecule has 0 spiro atoms. The maximum Gasteiger partial charge on any atom is 0.156 e. The summed E-state index contributed by atoms with van der Waals surface area (Å²) in [6.45, 7) is 5.68. The first-order valence-corrected chi connectivity index (χ1v) is 4.78. The fourth-order valence-corrected chi connectivity index (χ4v) is 0.849. The van der Waals surface area contributed by atoms with Gasteiger partial charge in [-0.25, -0.2) is 0 Å². The summed E-state index contributed by atoms with van der Waals surface area (Å²) in [4.78, 5) is 0. The molecule has 0 bridgehead atoms. The lowest BCUT2D eigenvalue weighted by Gasteiger charge is -2.17. The van der Waals surface area contributed by atoms with Gasteiger partial charge < -0.3 is 9.47 Å². The summed E-state index contributed by atoms with van der Waals surface area (Å²) in [6.07, 6.45) is 3.38. The third-order valence-corrected chi connectivity index (χ3v) is 1.42. The summed E-state index contributed by atoms with van der Waals surface area (Å²) in [6, 6.07) is 0. The smallest absolute Gasteiger partial charge is 0.156 e. The number of rotatable bonds is 8. The van der Waals surface area contributed by atoms with Crippen LogP contribution in [0.25, 0.3) is 0 Å². The Morgan fingerprint density at radius 1 is 1.08 bits per heavy atom. The standard InChI is InChI=1S/C9H19BO2/c1-3-7-11-9(5-6-10)12-8-4-2/h9H,3-8H2,1-2H3. The van der Waals surface area contributed by atoms with Crippen LogP contribution in [-0.2, 0) is 9.47 Å². The fraction of sp³-hybridized carbons (Fsp3) is 1.00. The number of ether oxygens (including phenoxy) is 2. The molecule has 0 aliphatic heterocycles. The van der Waals surface area contributed by atoms with Crippen molar-refractivity contribution in [3.05, 3.63) is 0 Å². The van der Waals surface area contributed by atoms with Crippen LogP contribution in [0.2, 0.25) is 6.32 Å². The van der Waals surface area contributed by atoms with Crippen molar-refractivity contribution in [3.8, 4) is 0 Å². The van der Waals surface area contributed by atoms with Crippen LogP contribution in [0, 0.1) is 0 Å². The molecular weight excluding hydrogens is 151 g/mol. The molecule has 0 unspecified atom stereocenters. The molecule has 0 aromatic heterocycles. The summed E-state index contributed by atoms with van der Waals surface area (Å²) in [5.74, 6) is 0. The van der Waals surface area contributed by atoms with E-state index in [1.54, 1.807) is 0 Å². The van der Waals surface area contributed by atoms with Crippen LogP contribution in [-0.4, -0.2) is 27.4 Å². The van der Waals surface area contributed by atoms with Crippen LogP contribution in [0.3, 0.4) is 0 Å². The Balaban J connectivity index is 3.40. The monoisotopic (exact) mass is 170 g/mol. The fourth-order valence-electron chi connectivity index (χ4n) is 0.849. The summed E-state index contributed by atoms with van der Waals surface area (Å²) in [5, 5.41) is 0. The minimum atomic E-state index is -0.0881. The van der Waals surface area contributed by atoms with E-state index in [4.69, 9.17) is 17.3 Å². The topological polar surface area (TPSA) is 18.5 Å². The predicted octanol–water partition coefficient (Wildman–Crippen LogP) is 2.14. The minimum absolute atomic E-state index is 0.0881. The Kier molecular flexibility index (Phi) is 9.06. The van der Waals surface area contributed by atoms with Crippen LogP contribution in [0.4, 0.5) is 0 Å². The quantitative estimate of drug-likeness (QED) is 0.410. The van der Waals surface area contributed by atoms with Crippen molar-refractivity contribution in [2.45, 2.75) is 45.7 Å². The SMILES string of the molecule is [B]CCC(OCCC)OCCC. The van der Waals surface area contributed by atoms with Crippen molar-refractivity contribution >= 4 is 7.85 Å². The van der Waals surface area contributed by atoms with Gasteiger partial charge in [-0.05, 0) is 19.3 Å². The zero-order valence-corrected chi connectivity index (χ0v) is 8.21. The Labute approximate surface area is 77.0 Å². The highest BCUT2D eigenvalue weighted by Crippen LogP contribution is 2.04. The maximum atomic E-state index is 5.43. The molecule has 0 aromatic carbocycles. The first-order valence-electron chi connectivity index (χ1n) is 4.78. The molecule has 0 N–H and O–H groups in total. The third-order valence-electron chi connectivity index (χ3n) is 1.42. The van der Waals surface area contributed by atoms with Gasteiger partial charge in [0, 0.05) is 13.2 Å². The van der Waals surface area contributed by atoms with Gasteiger partial charge in [-0.3, -0.25) is 0 Å². The highest BCUT2D eigenvalue weighted by molar-refractivity contribution is 6.08. The van der Waals surface area contributed by atoms with E-state index in [0.29, 0.717) is 6.32 Å². The van der Waals surface area contributed by atoms with Crippen LogP contribution in [0.15, 0.2) is 0 Å². The van der Waals surface area contributed by atoms with Gasteiger partial charge in [0.25, 0.3) is 0 Å². The van der Waals surface area contributed by atoms with E-state index >= 15 is 0 Å². The van der Waals surface area contributed by atoms with E-state index in [-0.39, 0.29) is 6.29 Å². The average Bonchev–Trinajstić information content (AvgIpc) is 2.10. The first kappa shape index (κ1) is 12.0. The van der Waals surface area contributed by atoms with E-state index in [1.807, 2.05) is 0 Å². The summed E-state index contributed by atoms with van der Waals surface area (Å²) in [7, 11) is 5.41. The number of hydrogen-bond donors (Lipinski definition) is 0. The Bertz CT molecular complexity index is 80.6. The zero-order chi connectivity index (χ0) is 9.23. The van der Waals surface area contributed by atoms with Gasteiger partial charge in [0.15, 0.2) is 6.29 Å². The van der Waals surface area contributed by atoms with E-state index in [9.17, 15) is 0 Å². The van der Waals surface area contributed by atoms with Gasteiger partial charge in [0.2, 0.25) is 0 Å². The molecule has 0 amide bonds. The van der Waals surface area contributed by atoms with Crippen molar-refractivity contribution in [2.75, 3.05) is 13.2 Å². The molecule has 2 radical (unpaired) electrons. The van der Waals surface area contributed by atoms with Gasteiger partial charge in [-0.15, -0.1) is 0 Å². The van der Waals surface area contributed by atoms with E-state index in [1.165, 1.54) is 0 Å². The highest BCUT2D eigenvalue weighted by atomic mass is 16.7. The van der Waals surface area contributed by atoms with Crippen molar-refractivity contribution in [3.63, 3.8) is 0 Å². The maximum absolute atomic E-state index is 5.43. The molecule has 0 aromatic rings. The largest absolute Gasteiger partial charge is 0.353 e. The van der Waals surface area contributed by atoms with Crippen molar-refractivity contribution in [1.82, 2.24) is 0 Å². The Morgan fingerprint density at radius 2 is 1.58 bits per heavy atom. The molecular formula is C9H19BO2. The van der Waals surface area contributed by atoms with Crippen LogP contribution in [0.5, 0.6) is 0 Å². The van der Waals surface area contributed by atoms with E-state index in [0.717, 1.165) is 32.5 Å². The predicted molar refractivity (Wildman–Crippen MR) is 51.5 cm³/mol.